The molecule has 1 unspecified atom stereocenters. The van der Waals surface area contributed by atoms with E-state index in [2.05, 4.69) is 11.8 Å². The van der Waals surface area contributed by atoms with Crippen LogP contribution in [-0.4, -0.2) is 29.9 Å². The monoisotopic (exact) mass is 210 g/mol. The maximum Gasteiger partial charge on any atom is 0.228 e. The van der Waals surface area contributed by atoms with Crippen LogP contribution in [0.2, 0.25) is 0 Å². The molecule has 2 aliphatic rings. The van der Waals surface area contributed by atoms with Gasteiger partial charge in [-0.15, -0.1) is 0 Å². The predicted octanol–water partition coefficient (Wildman–Crippen LogP) is 1.52. The van der Waals surface area contributed by atoms with Crippen LogP contribution >= 0.6 is 0 Å². The quantitative estimate of drug-likeness (QED) is 0.751. The van der Waals surface area contributed by atoms with Crippen LogP contribution in [-0.2, 0) is 4.79 Å². The second-order valence-corrected chi connectivity index (χ2v) is 5.30. The van der Waals surface area contributed by atoms with Gasteiger partial charge in [-0.3, -0.25) is 4.79 Å². The second kappa shape index (κ2) is 4.12. The number of amides is 1. The van der Waals surface area contributed by atoms with Crippen molar-refractivity contribution in [3.63, 3.8) is 0 Å². The first-order valence-corrected chi connectivity index (χ1v) is 6.18. The number of carbonyl (C=O) groups is 1. The van der Waals surface area contributed by atoms with Gasteiger partial charge in [0.2, 0.25) is 5.91 Å². The minimum atomic E-state index is -0.0300. The molecule has 0 aromatic heterocycles. The van der Waals surface area contributed by atoms with Gasteiger partial charge in [0.1, 0.15) is 0 Å². The third kappa shape index (κ3) is 2.17. The van der Waals surface area contributed by atoms with E-state index in [4.69, 9.17) is 5.73 Å². The summed E-state index contributed by atoms with van der Waals surface area (Å²) in [5, 5.41) is 0. The topological polar surface area (TPSA) is 46.3 Å². The van der Waals surface area contributed by atoms with Crippen LogP contribution in [0, 0.1) is 5.41 Å². The molecule has 1 amide bonds. The molecule has 0 bridgehead atoms. The molecule has 2 fully saturated rings. The molecule has 1 aliphatic heterocycles. The normalized spacial score (nSPS) is 29.7. The number of nitrogens with two attached hydrogens (primary N) is 1. The van der Waals surface area contributed by atoms with Gasteiger partial charge in [-0.2, -0.15) is 0 Å². The molecule has 3 nitrogen and oxygen atoms in total. The van der Waals surface area contributed by atoms with E-state index >= 15 is 0 Å². The number of nitrogens with zero attached hydrogens (tertiary/aromatic N) is 1. The molecule has 1 heterocycles. The molecule has 1 atom stereocenters. The van der Waals surface area contributed by atoms with Crippen molar-refractivity contribution in [2.75, 3.05) is 13.1 Å². The lowest BCUT2D eigenvalue weighted by atomic mass is 10.1. The van der Waals surface area contributed by atoms with Crippen LogP contribution in [0.1, 0.15) is 45.4 Å². The van der Waals surface area contributed by atoms with E-state index in [1.54, 1.807) is 0 Å². The summed E-state index contributed by atoms with van der Waals surface area (Å²) in [6, 6.07) is 0.303. The van der Waals surface area contributed by atoms with E-state index < -0.39 is 0 Å². The predicted molar refractivity (Wildman–Crippen MR) is 60.4 cm³/mol. The molecule has 0 radical (unpaired) electrons. The highest BCUT2D eigenvalue weighted by molar-refractivity contribution is 5.85. The van der Waals surface area contributed by atoms with Gasteiger partial charge in [0, 0.05) is 24.5 Å². The zero-order valence-electron chi connectivity index (χ0n) is 9.67. The van der Waals surface area contributed by atoms with Crippen molar-refractivity contribution < 1.29 is 4.79 Å². The van der Waals surface area contributed by atoms with Crippen molar-refractivity contribution in [1.82, 2.24) is 4.90 Å². The van der Waals surface area contributed by atoms with E-state index in [-0.39, 0.29) is 5.41 Å². The molecular formula is C12H22N2O. The Morgan fingerprint density at radius 1 is 1.40 bits per heavy atom. The van der Waals surface area contributed by atoms with Crippen molar-refractivity contribution in [1.29, 1.82) is 0 Å². The smallest absolute Gasteiger partial charge is 0.228 e. The average Bonchev–Trinajstić information content (AvgIpc) is 3.00. The van der Waals surface area contributed by atoms with Gasteiger partial charge in [0.05, 0.1) is 0 Å². The van der Waals surface area contributed by atoms with Crippen molar-refractivity contribution in [3.8, 4) is 0 Å². The summed E-state index contributed by atoms with van der Waals surface area (Å²) in [5.74, 6) is 0.361. The van der Waals surface area contributed by atoms with Gasteiger partial charge in [0.15, 0.2) is 0 Å². The molecule has 0 aromatic rings. The van der Waals surface area contributed by atoms with Gasteiger partial charge in [-0.1, -0.05) is 19.8 Å². The average molecular weight is 210 g/mol. The third-order valence-corrected chi connectivity index (χ3v) is 3.93. The summed E-state index contributed by atoms with van der Waals surface area (Å²) in [5.41, 5.74) is 5.74. The third-order valence-electron chi connectivity index (χ3n) is 3.93. The summed E-state index contributed by atoms with van der Waals surface area (Å²) < 4.78 is 0. The second-order valence-electron chi connectivity index (χ2n) is 5.30. The van der Waals surface area contributed by atoms with Gasteiger partial charge in [-0.05, 0) is 25.7 Å². The van der Waals surface area contributed by atoms with Gasteiger partial charge in [-0.25, -0.2) is 0 Å². The minimum absolute atomic E-state index is 0.0300. The van der Waals surface area contributed by atoms with E-state index in [1.807, 2.05) is 0 Å². The minimum Gasteiger partial charge on any atom is -0.338 e. The Balaban J connectivity index is 2.05. The highest BCUT2D eigenvalue weighted by atomic mass is 16.2. The molecular weight excluding hydrogens is 188 g/mol. The lowest BCUT2D eigenvalue weighted by Crippen LogP contribution is -2.46. The van der Waals surface area contributed by atoms with Crippen molar-refractivity contribution in [2.24, 2.45) is 11.1 Å². The Bertz CT molecular complexity index is 248. The van der Waals surface area contributed by atoms with Crippen LogP contribution in [0.5, 0.6) is 0 Å². The first-order chi connectivity index (χ1) is 7.17. The Labute approximate surface area is 92.0 Å². The maximum atomic E-state index is 12.3. The van der Waals surface area contributed by atoms with Crippen LogP contribution in [0.4, 0.5) is 0 Å². The summed E-state index contributed by atoms with van der Waals surface area (Å²) in [6.45, 7) is 3.64. The first kappa shape index (κ1) is 10.9. The molecule has 2 rings (SSSR count). The fourth-order valence-corrected chi connectivity index (χ4v) is 2.44. The Morgan fingerprint density at radius 3 is 2.73 bits per heavy atom. The molecule has 3 heteroatoms. The van der Waals surface area contributed by atoms with Gasteiger partial charge < -0.3 is 10.6 Å². The lowest BCUT2D eigenvalue weighted by molar-refractivity contribution is -0.138. The Morgan fingerprint density at radius 2 is 2.13 bits per heavy atom. The van der Waals surface area contributed by atoms with E-state index in [9.17, 15) is 4.79 Å². The first-order valence-electron chi connectivity index (χ1n) is 6.18. The zero-order chi connectivity index (χ0) is 10.9. The fraction of sp³-hybridized carbons (Fsp3) is 0.917. The van der Waals surface area contributed by atoms with E-state index in [0.29, 0.717) is 18.5 Å². The number of rotatable bonds is 2. The fourth-order valence-electron chi connectivity index (χ4n) is 2.44. The maximum absolute atomic E-state index is 12.3. The molecule has 86 valence electrons. The highest BCUT2D eigenvalue weighted by Crippen LogP contribution is 2.47. The van der Waals surface area contributed by atoms with Crippen LogP contribution in [0.3, 0.4) is 0 Å². The van der Waals surface area contributed by atoms with E-state index in [0.717, 1.165) is 32.2 Å². The Hall–Kier alpha value is -0.570. The van der Waals surface area contributed by atoms with Crippen molar-refractivity contribution in [2.45, 2.75) is 51.5 Å². The largest absolute Gasteiger partial charge is 0.338 e. The van der Waals surface area contributed by atoms with Crippen molar-refractivity contribution in [3.05, 3.63) is 0 Å². The number of hydrogen-bond donors (Lipinski definition) is 1. The number of carbonyl (C=O) groups excluding carboxylic acids is 1. The summed E-state index contributed by atoms with van der Waals surface area (Å²) >= 11 is 0. The molecule has 0 aromatic carbocycles. The SMILES string of the molecule is CC1(C(=O)N2CCCCCC2CN)CC1. The highest BCUT2D eigenvalue weighted by Gasteiger charge is 2.48. The summed E-state index contributed by atoms with van der Waals surface area (Å²) in [7, 11) is 0. The lowest BCUT2D eigenvalue weighted by Gasteiger charge is -2.31. The standard InChI is InChI=1S/C12H22N2O/c1-12(6-7-12)11(15)14-8-4-2-3-5-10(14)9-13/h10H,2-9,13H2,1H3. The summed E-state index contributed by atoms with van der Waals surface area (Å²) in [6.07, 6.45) is 6.86. The zero-order valence-corrected chi connectivity index (χ0v) is 9.67. The molecule has 1 saturated carbocycles. The van der Waals surface area contributed by atoms with Gasteiger partial charge in [0.25, 0.3) is 0 Å². The van der Waals surface area contributed by atoms with Crippen LogP contribution in [0.15, 0.2) is 0 Å². The molecule has 1 saturated heterocycles. The Kier molecular flexibility index (Phi) is 3.01. The van der Waals surface area contributed by atoms with Crippen LogP contribution in [0.25, 0.3) is 0 Å². The number of hydrogen-bond acceptors (Lipinski definition) is 2. The van der Waals surface area contributed by atoms with Crippen molar-refractivity contribution >= 4 is 5.91 Å². The van der Waals surface area contributed by atoms with E-state index in [1.165, 1.54) is 12.8 Å². The molecule has 1 aliphatic carbocycles. The van der Waals surface area contributed by atoms with Crippen LogP contribution < -0.4 is 5.73 Å². The molecule has 2 N–H and O–H groups in total. The molecule has 15 heavy (non-hydrogen) atoms. The van der Waals surface area contributed by atoms with Gasteiger partial charge >= 0.3 is 0 Å². The summed E-state index contributed by atoms with van der Waals surface area (Å²) in [4.78, 5) is 14.3. The number of likely N-dealkylation sites (tertiary alicyclic amines) is 1. The molecule has 0 spiro atoms.